The van der Waals surface area contributed by atoms with Gasteiger partial charge in [0.2, 0.25) is 0 Å². The van der Waals surface area contributed by atoms with Crippen LogP contribution in [0.1, 0.15) is 42.9 Å². The Labute approximate surface area is 180 Å². The van der Waals surface area contributed by atoms with Gasteiger partial charge in [-0.15, -0.1) is 0 Å². The van der Waals surface area contributed by atoms with E-state index in [1.54, 1.807) is 0 Å². The minimum atomic E-state index is 0.0457. The lowest BCUT2D eigenvalue weighted by atomic mass is 9.77. The zero-order valence-electron chi connectivity index (χ0n) is 16.6. The van der Waals surface area contributed by atoms with Crippen LogP contribution in [0.2, 0.25) is 0 Å². The molecule has 0 saturated heterocycles. The lowest BCUT2D eigenvalue weighted by molar-refractivity contribution is 0.646. The van der Waals surface area contributed by atoms with Gasteiger partial charge in [-0.1, -0.05) is 72.2 Å². The molecule has 3 aromatic carbocycles. The predicted molar refractivity (Wildman–Crippen MR) is 125 cm³/mol. The summed E-state index contributed by atoms with van der Waals surface area (Å²) >= 11 is 3.58. The molecule has 1 aliphatic heterocycles. The second-order valence-electron chi connectivity index (χ2n) is 8.76. The Morgan fingerprint density at radius 2 is 1.62 bits per heavy atom. The van der Waals surface area contributed by atoms with Crippen LogP contribution in [-0.4, -0.2) is 0 Å². The van der Waals surface area contributed by atoms with Crippen LogP contribution in [0.15, 0.2) is 94.6 Å². The largest absolute Gasteiger partial charge is 0.313 e. The highest BCUT2D eigenvalue weighted by molar-refractivity contribution is 9.10. The van der Waals surface area contributed by atoms with Gasteiger partial charge < -0.3 is 4.90 Å². The van der Waals surface area contributed by atoms with Gasteiger partial charge >= 0.3 is 0 Å². The summed E-state index contributed by atoms with van der Waals surface area (Å²) in [6, 6.07) is 26.6. The molecule has 2 heteroatoms. The molecule has 0 radical (unpaired) electrons. The maximum absolute atomic E-state index is 3.58. The Morgan fingerprint density at radius 1 is 0.897 bits per heavy atom. The van der Waals surface area contributed by atoms with Crippen molar-refractivity contribution in [3.8, 4) is 0 Å². The normalized spacial score (nSPS) is 20.7. The molecule has 3 aromatic rings. The van der Waals surface area contributed by atoms with Gasteiger partial charge in [0.05, 0.1) is 0 Å². The summed E-state index contributed by atoms with van der Waals surface area (Å²) in [5, 5.41) is 0. The van der Waals surface area contributed by atoms with Crippen LogP contribution >= 0.6 is 15.9 Å². The van der Waals surface area contributed by atoms with Crippen molar-refractivity contribution in [1.29, 1.82) is 0 Å². The third-order valence-electron chi connectivity index (χ3n) is 6.88. The summed E-state index contributed by atoms with van der Waals surface area (Å²) < 4.78 is 1.11. The minimum Gasteiger partial charge on any atom is -0.313 e. The molecule has 6 rings (SSSR count). The first kappa shape index (κ1) is 17.3. The monoisotopic (exact) mass is 439 g/mol. The number of benzene rings is 3. The van der Waals surface area contributed by atoms with Crippen LogP contribution in [0, 0.1) is 0 Å². The summed E-state index contributed by atoms with van der Waals surface area (Å²) in [5.41, 5.74) is 11.4. The van der Waals surface area contributed by atoms with Gasteiger partial charge in [0.1, 0.15) is 0 Å². The van der Waals surface area contributed by atoms with Crippen molar-refractivity contribution < 1.29 is 0 Å². The molecule has 3 aliphatic rings. The first-order valence-corrected chi connectivity index (χ1v) is 11.0. The zero-order valence-corrected chi connectivity index (χ0v) is 18.2. The molecule has 1 heterocycles. The maximum Gasteiger partial charge on any atom is 0.0497 e. The van der Waals surface area contributed by atoms with Gasteiger partial charge in [-0.3, -0.25) is 0 Å². The van der Waals surface area contributed by atoms with E-state index in [1.807, 2.05) is 0 Å². The average molecular weight is 440 g/mol. The molecular formula is C27H22BrN. The lowest BCUT2D eigenvalue weighted by Crippen LogP contribution is -2.21. The second kappa shape index (κ2) is 5.96. The fraction of sp³-hybridized carbons (Fsp3) is 0.185. The van der Waals surface area contributed by atoms with Crippen molar-refractivity contribution in [1.82, 2.24) is 0 Å². The Hall–Kier alpha value is -2.58. The van der Waals surface area contributed by atoms with E-state index in [0.717, 1.165) is 10.9 Å². The smallest absolute Gasteiger partial charge is 0.0497 e. The van der Waals surface area contributed by atoms with E-state index in [0.29, 0.717) is 5.92 Å². The summed E-state index contributed by atoms with van der Waals surface area (Å²) in [4.78, 5) is 2.47. The fourth-order valence-electron chi connectivity index (χ4n) is 5.50. The van der Waals surface area contributed by atoms with Crippen LogP contribution in [0.4, 0.5) is 11.4 Å². The third kappa shape index (κ3) is 2.33. The Kier molecular flexibility index (Phi) is 3.56. The number of rotatable bonds is 1. The summed E-state index contributed by atoms with van der Waals surface area (Å²) in [7, 11) is 0. The second-order valence-corrected chi connectivity index (χ2v) is 9.68. The molecule has 0 saturated carbocycles. The molecular weight excluding hydrogens is 418 g/mol. The number of anilines is 2. The number of hydrogen-bond donors (Lipinski definition) is 0. The van der Waals surface area contributed by atoms with Crippen molar-refractivity contribution in [2.24, 2.45) is 0 Å². The molecule has 0 fully saturated rings. The van der Waals surface area contributed by atoms with Crippen molar-refractivity contribution in [3.63, 3.8) is 0 Å². The van der Waals surface area contributed by atoms with E-state index in [1.165, 1.54) is 44.9 Å². The third-order valence-corrected chi connectivity index (χ3v) is 7.41. The van der Waals surface area contributed by atoms with E-state index in [4.69, 9.17) is 0 Å². The average Bonchev–Trinajstić information content (AvgIpc) is 3.18. The topological polar surface area (TPSA) is 3.24 Å². The van der Waals surface area contributed by atoms with Gasteiger partial charge in [0.15, 0.2) is 0 Å². The summed E-state index contributed by atoms with van der Waals surface area (Å²) in [6.45, 7) is 4.75. The number of para-hydroxylation sites is 1. The first-order valence-electron chi connectivity index (χ1n) is 10.3. The highest BCUT2D eigenvalue weighted by Crippen LogP contribution is 2.59. The van der Waals surface area contributed by atoms with E-state index in [9.17, 15) is 0 Å². The van der Waals surface area contributed by atoms with Gasteiger partial charge in [0.25, 0.3) is 0 Å². The van der Waals surface area contributed by atoms with Gasteiger partial charge in [0, 0.05) is 32.9 Å². The number of fused-ring (bicyclic) bond motifs is 5. The van der Waals surface area contributed by atoms with E-state index < -0.39 is 0 Å². The van der Waals surface area contributed by atoms with Crippen LogP contribution in [0.5, 0.6) is 0 Å². The molecule has 0 aromatic heterocycles. The SMILES string of the molecule is CC1(C)C2=C(CC3C(=C2)N(c2ccc(Br)cc2)c2ccccc23)c2ccccc21. The number of allylic oxidation sites excluding steroid dienone is 4. The Balaban J connectivity index is 1.57. The number of nitrogens with zero attached hydrogens (tertiary/aromatic N) is 1. The molecule has 0 amide bonds. The van der Waals surface area contributed by atoms with Crippen LogP contribution in [0.25, 0.3) is 5.57 Å². The standard InChI is InChI=1S/C27H22BrN/c1-27(2)23-9-5-3-7-19(23)21-15-22-20-8-4-6-10-25(20)29(26(22)16-24(21)27)18-13-11-17(28)12-14-18/h3-14,16,22H,15H2,1-2H3. The highest BCUT2D eigenvalue weighted by Gasteiger charge is 2.44. The van der Waals surface area contributed by atoms with Crippen LogP contribution in [-0.2, 0) is 5.41 Å². The summed E-state index contributed by atoms with van der Waals surface area (Å²) in [5.74, 6) is 0.413. The number of hydrogen-bond acceptors (Lipinski definition) is 1. The molecule has 0 spiro atoms. The Morgan fingerprint density at radius 3 is 2.45 bits per heavy atom. The molecule has 142 valence electrons. The molecule has 0 bridgehead atoms. The zero-order chi connectivity index (χ0) is 19.8. The molecule has 1 atom stereocenters. The van der Waals surface area contributed by atoms with E-state index in [-0.39, 0.29) is 5.41 Å². The fourth-order valence-corrected chi connectivity index (χ4v) is 5.76. The van der Waals surface area contributed by atoms with Crippen LogP contribution in [0.3, 0.4) is 0 Å². The van der Waals surface area contributed by atoms with E-state index in [2.05, 4.69) is 114 Å². The van der Waals surface area contributed by atoms with Crippen molar-refractivity contribution >= 4 is 32.9 Å². The highest BCUT2D eigenvalue weighted by atomic mass is 79.9. The van der Waals surface area contributed by atoms with Gasteiger partial charge in [-0.2, -0.15) is 0 Å². The van der Waals surface area contributed by atoms with Crippen LogP contribution < -0.4 is 4.90 Å². The number of halogens is 1. The van der Waals surface area contributed by atoms with Crippen molar-refractivity contribution in [3.05, 3.63) is 111 Å². The minimum absolute atomic E-state index is 0.0457. The first-order chi connectivity index (χ1) is 14.1. The van der Waals surface area contributed by atoms with Crippen molar-refractivity contribution in [2.75, 3.05) is 4.90 Å². The lowest BCUT2D eigenvalue weighted by Gasteiger charge is -2.30. The molecule has 1 unspecified atom stereocenters. The maximum atomic E-state index is 3.58. The predicted octanol–water partition coefficient (Wildman–Crippen LogP) is 7.72. The molecule has 2 aliphatic carbocycles. The van der Waals surface area contributed by atoms with Gasteiger partial charge in [-0.25, -0.2) is 0 Å². The quantitative estimate of drug-likeness (QED) is 0.375. The summed E-state index contributed by atoms with van der Waals surface area (Å²) in [6.07, 6.45) is 3.57. The van der Waals surface area contributed by atoms with Gasteiger partial charge in [-0.05, 0) is 70.7 Å². The molecule has 29 heavy (non-hydrogen) atoms. The van der Waals surface area contributed by atoms with Crippen molar-refractivity contribution in [2.45, 2.75) is 31.6 Å². The van der Waals surface area contributed by atoms with E-state index >= 15 is 0 Å². The Bertz CT molecular complexity index is 1210. The molecule has 1 nitrogen and oxygen atoms in total. The molecule has 0 N–H and O–H groups in total.